The molecule has 0 unspecified atom stereocenters. The number of fused-ring (bicyclic) bond motifs is 1. The first kappa shape index (κ1) is 17.1. The van der Waals surface area contributed by atoms with Gasteiger partial charge in [0.2, 0.25) is 0 Å². The van der Waals surface area contributed by atoms with Crippen molar-refractivity contribution in [1.82, 2.24) is 25.4 Å². The third-order valence-corrected chi connectivity index (χ3v) is 4.91. The zero-order chi connectivity index (χ0) is 18.1. The van der Waals surface area contributed by atoms with E-state index in [-0.39, 0.29) is 12.1 Å². The Morgan fingerprint density at radius 3 is 2.76 bits per heavy atom. The number of aryl methyl sites for hydroxylation is 3. The topological polar surface area (TPSA) is 74.7 Å². The van der Waals surface area contributed by atoms with Gasteiger partial charge in [-0.3, -0.25) is 4.68 Å². The van der Waals surface area contributed by atoms with Crippen LogP contribution < -0.4 is 10.6 Å². The van der Waals surface area contributed by atoms with Gasteiger partial charge in [0, 0.05) is 41.4 Å². The van der Waals surface area contributed by atoms with Crippen LogP contribution in [0.3, 0.4) is 0 Å². The molecule has 0 aliphatic carbocycles. The maximum absolute atomic E-state index is 12.2. The molecule has 2 aromatic heterocycles. The summed E-state index contributed by atoms with van der Waals surface area (Å²) in [6.07, 6.45) is 1.80. The Kier molecular flexibility index (Phi) is 4.53. The Labute approximate surface area is 147 Å². The Hall–Kier alpha value is -2.76. The summed E-state index contributed by atoms with van der Waals surface area (Å²) in [6, 6.07) is 5.95. The molecule has 1 atom stereocenters. The molecular weight excluding hydrogens is 314 g/mol. The molecule has 0 fully saturated rings. The smallest absolute Gasteiger partial charge is 0.315 e. The number of aromatic amines is 1. The number of nitrogens with one attached hydrogen (secondary N) is 3. The van der Waals surface area contributed by atoms with Gasteiger partial charge in [0.25, 0.3) is 0 Å². The fourth-order valence-corrected chi connectivity index (χ4v) is 3.07. The van der Waals surface area contributed by atoms with Crippen LogP contribution in [0.2, 0.25) is 0 Å². The van der Waals surface area contributed by atoms with Gasteiger partial charge in [0.15, 0.2) is 0 Å². The highest BCUT2D eigenvalue weighted by atomic mass is 16.2. The van der Waals surface area contributed by atoms with E-state index in [0.29, 0.717) is 6.54 Å². The number of urea groups is 1. The van der Waals surface area contributed by atoms with E-state index in [1.54, 1.807) is 6.20 Å². The Balaban J connectivity index is 1.62. The van der Waals surface area contributed by atoms with E-state index in [1.165, 1.54) is 16.6 Å². The number of hydrogen-bond acceptors (Lipinski definition) is 2. The van der Waals surface area contributed by atoms with Crippen molar-refractivity contribution >= 4 is 16.9 Å². The van der Waals surface area contributed by atoms with Gasteiger partial charge in [0.1, 0.15) is 0 Å². The molecule has 0 radical (unpaired) electrons. The van der Waals surface area contributed by atoms with Crippen LogP contribution in [0.25, 0.3) is 10.9 Å². The number of benzene rings is 1. The number of hydrogen-bond donors (Lipinski definition) is 3. The third kappa shape index (κ3) is 3.38. The molecule has 2 amide bonds. The summed E-state index contributed by atoms with van der Waals surface area (Å²) in [6.45, 7) is 8.62. The molecule has 0 saturated heterocycles. The summed E-state index contributed by atoms with van der Waals surface area (Å²) in [7, 11) is 1.90. The van der Waals surface area contributed by atoms with Gasteiger partial charge in [-0.25, -0.2) is 4.79 Å². The van der Waals surface area contributed by atoms with Crippen LogP contribution in [0.5, 0.6) is 0 Å². The number of carbonyl (C=O) groups excluding carboxylic acids is 1. The third-order valence-electron chi connectivity index (χ3n) is 4.91. The lowest BCUT2D eigenvalue weighted by Crippen LogP contribution is -2.36. The van der Waals surface area contributed by atoms with Crippen LogP contribution in [0, 0.1) is 20.8 Å². The van der Waals surface area contributed by atoms with Gasteiger partial charge in [-0.15, -0.1) is 0 Å². The van der Waals surface area contributed by atoms with E-state index in [0.717, 1.165) is 22.3 Å². The van der Waals surface area contributed by atoms with Gasteiger partial charge in [-0.05, 0) is 51.0 Å². The number of rotatable bonds is 4. The first-order valence-corrected chi connectivity index (χ1v) is 8.47. The summed E-state index contributed by atoms with van der Waals surface area (Å²) >= 11 is 0. The molecule has 3 N–H and O–H groups in total. The molecule has 2 heterocycles. The van der Waals surface area contributed by atoms with Crippen LogP contribution in [-0.4, -0.2) is 20.8 Å². The molecule has 3 rings (SSSR count). The minimum Gasteiger partial charge on any atom is -0.358 e. The van der Waals surface area contributed by atoms with Crippen molar-refractivity contribution in [2.75, 3.05) is 0 Å². The second-order valence-electron chi connectivity index (χ2n) is 6.61. The van der Waals surface area contributed by atoms with E-state index in [2.05, 4.69) is 46.7 Å². The van der Waals surface area contributed by atoms with Crippen LogP contribution in [-0.2, 0) is 13.6 Å². The van der Waals surface area contributed by atoms with Crippen molar-refractivity contribution in [2.45, 2.75) is 40.3 Å². The fraction of sp³-hybridized carbons (Fsp3) is 0.368. The summed E-state index contributed by atoms with van der Waals surface area (Å²) in [5.74, 6) is 0. The van der Waals surface area contributed by atoms with E-state index < -0.39 is 0 Å². The van der Waals surface area contributed by atoms with Gasteiger partial charge >= 0.3 is 6.03 Å². The molecular formula is C19H25N5O. The van der Waals surface area contributed by atoms with Gasteiger partial charge < -0.3 is 15.6 Å². The first-order chi connectivity index (χ1) is 11.9. The Bertz CT molecular complexity index is 921. The van der Waals surface area contributed by atoms with Crippen molar-refractivity contribution in [3.63, 3.8) is 0 Å². The lowest BCUT2D eigenvalue weighted by Gasteiger charge is -2.14. The second-order valence-corrected chi connectivity index (χ2v) is 6.61. The summed E-state index contributed by atoms with van der Waals surface area (Å²) < 4.78 is 1.81. The zero-order valence-electron chi connectivity index (χ0n) is 15.4. The number of nitrogens with zero attached hydrogens (tertiary/aromatic N) is 2. The highest BCUT2D eigenvalue weighted by Crippen LogP contribution is 2.22. The van der Waals surface area contributed by atoms with Crippen molar-refractivity contribution in [2.24, 2.45) is 7.05 Å². The summed E-state index contributed by atoms with van der Waals surface area (Å²) in [4.78, 5) is 15.6. The average molecular weight is 339 g/mol. The molecule has 6 heteroatoms. The van der Waals surface area contributed by atoms with E-state index in [9.17, 15) is 4.79 Å². The second kappa shape index (κ2) is 6.63. The van der Waals surface area contributed by atoms with Gasteiger partial charge in [0.05, 0.1) is 12.2 Å². The number of amides is 2. The van der Waals surface area contributed by atoms with Crippen molar-refractivity contribution in [1.29, 1.82) is 0 Å². The lowest BCUT2D eigenvalue weighted by molar-refractivity contribution is 0.237. The molecule has 132 valence electrons. The lowest BCUT2D eigenvalue weighted by atomic mass is 10.1. The summed E-state index contributed by atoms with van der Waals surface area (Å²) in [5, 5.41) is 11.3. The normalized spacial score (nSPS) is 12.4. The fourth-order valence-electron chi connectivity index (χ4n) is 3.07. The molecule has 3 aromatic rings. The van der Waals surface area contributed by atoms with Crippen molar-refractivity contribution in [3.05, 3.63) is 52.5 Å². The minimum atomic E-state index is -0.183. The standard InChI is InChI=1S/C19H25N5O/c1-11-12(2)22-18-7-6-15(8-16(11)18)9-20-19(25)23-13(3)17-10-21-24(5)14(17)4/h6-8,10,13,22H,9H2,1-5H3,(H2,20,23,25)/t13-/m0/s1. The number of aromatic nitrogens is 3. The predicted molar refractivity (Wildman–Crippen MR) is 99.5 cm³/mol. The highest BCUT2D eigenvalue weighted by Gasteiger charge is 2.14. The highest BCUT2D eigenvalue weighted by molar-refractivity contribution is 5.85. The minimum absolute atomic E-state index is 0.0919. The molecule has 0 saturated carbocycles. The summed E-state index contributed by atoms with van der Waals surface area (Å²) in [5.41, 5.74) is 6.72. The molecule has 6 nitrogen and oxygen atoms in total. The average Bonchev–Trinajstić information content (AvgIpc) is 3.06. The maximum Gasteiger partial charge on any atom is 0.315 e. The number of H-pyrrole nitrogens is 1. The van der Waals surface area contributed by atoms with Crippen molar-refractivity contribution in [3.8, 4) is 0 Å². The zero-order valence-corrected chi connectivity index (χ0v) is 15.4. The van der Waals surface area contributed by atoms with Gasteiger partial charge in [-0.2, -0.15) is 5.10 Å². The van der Waals surface area contributed by atoms with Crippen LogP contribution in [0.4, 0.5) is 4.79 Å². The molecule has 1 aromatic carbocycles. The van der Waals surface area contributed by atoms with Gasteiger partial charge in [-0.1, -0.05) is 6.07 Å². The molecule has 0 bridgehead atoms. The SMILES string of the molecule is Cc1[nH]c2ccc(CNC(=O)N[C@@H](C)c3cnn(C)c3C)cc2c1C. The van der Waals surface area contributed by atoms with E-state index in [1.807, 2.05) is 31.6 Å². The van der Waals surface area contributed by atoms with Crippen LogP contribution in [0.15, 0.2) is 24.4 Å². The molecule has 0 aliphatic heterocycles. The molecule has 25 heavy (non-hydrogen) atoms. The van der Waals surface area contributed by atoms with Crippen molar-refractivity contribution < 1.29 is 4.79 Å². The molecule has 0 aliphatic rings. The Morgan fingerprint density at radius 2 is 2.08 bits per heavy atom. The number of carbonyl (C=O) groups is 1. The maximum atomic E-state index is 12.2. The molecule has 0 spiro atoms. The van der Waals surface area contributed by atoms with E-state index in [4.69, 9.17) is 0 Å². The predicted octanol–water partition coefficient (Wildman–Crippen LogP) is 3.39. The van der Waals surface area contributed by atoms with E-state index >= 15 is 0 Å². The van der Waals surface area contributed by atoms with Crippen LogP contribution >= 0.6 is 0 Å². The quantitative estimate of drug-likeness (QED) is 0.681. The first-order valence-electron chi connectivity index (χ1n) is 8.47. The largest absolute Gasteiger partial charge is 0.358 e. The monoisotopic (exact) mass is 339 g/mol. The van der Waals surface area contributed by atoms with Crippen LogP contribution in [0.1, 0.15) is 41.0 Å². The Morgan fingerprint density at radius 1 is 1.32 bits per heavy atom.